The lowest BCUT2D eigenvalue weighted by Gasteiger charge is -2.32. The van der Waals surface area contributed by atoms with Gasteiger partial charge in [-0.05, 0) is 24.3 Å². The Morgan fingerprint density at radius 3 is 2.71 bits per heavy atom. The first-order valence-corrected chi connectivity index (χ1v) is 8.42. The van der Waals surface area contributed by atoms with Gasteiger partial charge in [0.15, 0.2) is 6.23 Å². The molecule has 1 atom stereocenters. The summed E-state index contributed by atoms with van der Waals surface area (Å²) in [7, 11) is -2.48. The molecule has 1 aliphatic rings. The van der Waals surface area contributed by atoms with Crippen LogP contribution in [0.25, 0.3) is 0 Å². The van der Waals surface area contributed by atoms with Crippen LogP contribution in [0.5, 0.6) is 5.75 Å². The van der Waals surface area contributed by atoms with Crippen molar-refractivity contribution < 1.29 is 27.8 Å². The second-order valence-corrected chi connectivity index (χ2v) is 6.99. The standard InChI is InChI=1S/C14H15N3O6S/c1-22-9-2-4-10(5-3-9)24(20,21)17-7-12-11(15-8-16-12)6-13(17)23-14(18)19/h2-5,8,13H,6-7H2,1H3,(H,15,16)(H,18,19)/t13-/m1/s1. The number of rotatable bonds is 4. The maximum atomic E-state index is 12.9. The first-order valence-electron chi connectivity index (χ1n) is 6.98. The lowest BCUT2D eigenvalue weighted by atomic mass is 10.1. The number of benzene rings is 1. The first kappa shape index (κ1) is 16.3. The molecule has 2 heterocycles. The zero-order valence-corrected chi connectivity index (χ0v) is 13.5. The number of aromatic amines is 1. The Labute approximate surface area is 137 Å². The number of hydrogen-bond donors (Lipinski definition) is 2. The summed E-state index contributed by atoms with van der Waals surface area (Å²) in [5.74, 6) is 0.516. The predicted molar refractivity (Wildman–Crippen MR) is 80.9 cm³/mol. The maximum absolute atomic E-state index is 12.9. The molecule has 0 spiro atoms. The summed E-state index contributed by atoms with van der Waals surface area (Å²) in [4.78, 5) is 17.9. The van der Waals surface area contributed by atoms with Crippen LogP contribution in [0.15, 0.2) is 35.5 Å². The van der Waals surface area contributed by atoms with E-state index in [0.717, 1.165) is 4.31 Å². The smallest absolute Gasteiger partial charge is 0.497 e. The summed E-state index contributed by atoms with van der Waals surface area (Å²) in [6.45, 7) is -0.0539. The van der Waals surface area contributed by atoms with E-state index in [9.17, 15) is 13.2 Å². The highest BCUT2D eigenvalue weighted by atomic mass is 32.2. The lowest BCUT2D eigenvalue weighted by Crippen LogP contribution is -2.46. The van der Waals surface area contributed by atoms with Crippen LogP contribution in [-0.4, -0.2) is 47.3 Å². The summed E-state index contributed by atoms with van der Waals surface area (Å²) >= 11 is 0. The van der Waals surface area contributed by atoms with E-state index in [1.165, 1.54) is 37.7 Å². The van der Waals surface area contributed by atoms with E-state index in [0.29, 0.717) is 17.1 Å². The van der Waals surface area contributed by atoms with E-state index >= 15 is 0 Å². The summed E-state index contributed by atoms with van der Waals surface area (Å²) in [5, 5.41) is 8.90. The van der Waals surface area contributed by atoms with Crippen LogP contribution in [0.4, 0.5) is 4.79 Å². The van der Waals surface area contributed by atoms with Gasteiger partial charge in [-0.3, -0.25) is 0 Å². The average Bonchev–Trinajstić information content (AvgIpc) is 3.01. The van der Waals surface area contributed by atoms with Gasteiger partial charge < -0.3 is 19.6 Å². The van der Waals surface area contributed by atoms with Gasteiger partial charge in [0.2, 0.25) is 10.0 Å². The minimum absolute atomic E-state index is 0.0188. The molecule has 0 aliphatic carbocycles. The third-order valence-electron chi connectivity index (χ3n) is 3.71. The Morgan fingerprint density at radius 2 is 2.08 bits per heavy atom. The fourth-order valence-electron chi connectivity index (χ4n) is 2.53. The van der Waals surface area contributed by atoms with Crippen molar-refractivity contribution in [3.8, 4) is 5.75 Å². The quantitative estimate of drug-likeness (QED) is 0.792. The van der Waals surface area contributed by atoms with Crippen molar-refractivity contribution in [1.82, 2.24) is 14.3 Å². The van der Waals surface area contributed by atoms with Crippen LogP contribution in [-0.2, 0) is 27.7 Å². The molecular weight excluding hydrogens is 338 g/mol. The molecule has 0 amide bonds. The third kappa shape index (κ3) is 2.93. The Hall–Kier alpha value is -2.59. The Balaban J connectivity index is 1.97. The molecule has 0 saturated carbocycles. The predicted octanol–water partition coefficient (Wildman–Crippen LogP) is 1.19. The molecule has 24 heavy (non-hydrogen) atoms. The molecule has 128 valence electrons. The minimum Gasteiger partial charge on any atom is -0.497 e. The van der Waals surface area contributed by atoms with Crippen LogP contribution in [0, 0.1) is 0 Å². The highest BCUT2D eigenvalue weighted by molar-refractivity contribution is 7.89. The maximum Gasteiger partial charge on any atom is 0.507 e. The van der Waals surface area contributed by atoms with Crippen LogP contribution < -0.4 is 4.74 Å². The third-order valence-corrected chi connectivity index (χ3v) is 5.56. The van der Waals surface area contributed by atoms with E-state index in [4.69, 9.17) is 14.6 Å². The summed E-state index contributed by atoms with van der Waals surface area (Å²) < 4.78 is 36.6. The molecule has 10 heteroatoms. The van der Waals surface area contributed by atoms with Gasteiger partial charge in [-0.15, -0.1) is 0 Å². The molecule has 3 rings (SSSR count). The molecule has 2 aromatic rings. The van der Waals surface area contributed by atoms with Gasteiger partial charge in [0.1, 0.15) is 5.75 Å². The van der Waals surface area contributed by atoms with Gasteiger partial charge in [-0.25, -0.2) is 18.2 Å². The van der Waals surface area contributed by atoms with Crippen molar-refractivity contribution in [3.63, 3.8) is 0 Å². The number of ether oxygens (including phenoxy) is 2. The fraction of sp³-hybridized carbons (Fsp3) is 0.286. The van der Waals surface area contributed by atoms with Crippen molar-refractivity contribution in [3.05, 3.63) is 42.0 Å². The SMILES string of the molecule is COc1ccc(S(=O)(=O)N2Cc3[nH]cnc3C[C@H]2OC(=O)O)cc1. The number of imidazole rings is 1. The highest BCUT2D eigenvalue weighted by Gasteiger charge is 2.39. The number of carboxylic acid groups (broad SMARTS) is 1. The van der Waals surface area contributed by atoms with Crippen LogP contribution in [0.2, 0.25) is 0 Å². The van der Waals surface area contributed by atoms with Crippen molar-refractivity contribution in [2.75, 3.05) is 7.11 Å². The number of nitrogens with zero attached hydrogens (tertiary/aromatic N) is 2. The second kappa shape index (κ2) is 6.13. The number of carbonyl (C=O) groups is 1. The lowest BCUT2D eigenvalue weighted by molar-refractivity contribution is -0.00753. The molecule has 0 saturated heterocycles. The van der Waals surface area contributed by atoms with E-state index in [2.05, 4.69) is 9.97 Å². The first-order chi connectivity index (χ1) is 11.4. The number of sulfonamides is 1. The molecule has 2 N–H and O–H groups in total. The number of aromatic nitrogens is 2. The molecule has 0 radical (unpaired) electrons. The van der Waals surface area contributed by atoms with Crippen LogP contribution in [0.1, 0.15) is 11.4 Å². The Bertz CT molecular complexity index is 846. The number of nitrogens with one attached hydrogen (secondary N) is 1. The largest absolute Gasteiger partial charge is 0.507 e. The van der Waals surface area contributed by atoms with Crippen molar-refractivity contribution in [2.24, 2.45) is 0 Å². The normalized spacial score (nSPS) is 18.0. The number of methoxy groups -OCH3 is 1. The molecule has 0 fully saturated rings. The molecule has 1 aliphatic heterocycles. The number of hydrogen-bond acceptors (Lipinski definition) is 6. The van der Waals surface area contributed by atoms with Gasteiger partial charge >= 0.3 is 6.16 Å². The molecule has 0 bridgehead atoms. The molecular formula is C14H15N3O6S. The Kier molecular flexibility index (Phi) is 4.16. The zero-order valence-electron chi connectivity index (χ0n) is 12.7. The van der Waals surface area contributed by atoms with E-state index in [1.807, 2.05) is 0 Å². The number of fused-ring (bicyclic) bond motifs is 1. The van der Waals surface area contributed by atoms with Gasteiger partial charge in [-0.1, -0.05) is 0 Å². The van der Waals surface area contributed by atoms with Crippen LogP contribution in [0.3, 0.4) is 0 Å². The Morgan fingerprint density at radius 1 is 1.38 bits per heavy atom. The van der Waals surface area contributed by atoms with E-state index < -0.39 is 22.4 Å². The van der Waals surface area contributed by atoms with E-state index in [1.54, 1.807) is 0 Å². The molecule has 1 aromatic carbocycles. The fourth-order valence-corrected chi connectivity index (χ4v) is 4.00. The molecule has 9 nitrogen and oxygen atoms in total. The molecule has 1 aromatic heterocycles. The van der Waals surface area contributed by atoms with Gasteiger partial charge in [0.25, 0.3) is 0 Å². The summed E-state index contributed by atoms with van der Waals surface area (Å²) in [6, 6.07) is 5.83. The average molecular weight is 353 g/mol. The second-order valence-electron chi connectivity index (χ2n) is 5.10. The van der Waals surface area contributed by atoms with Crippen molar-refractivity contribution in [2.45, 2.75) is 24.1 Å². The van der Waals surface area contributed by atoms with Gasteiger partial charge in [0, 0.05) is 6.42 Å². The topological polar surface area (TPSA) is 122 Å². The zero-order chi connectivity index (χ0) is 17.3. The summed E-state index contributed by atoms with van der Waals surface area (Å²) in [6.07, 6.45) is -1.24. The van der Waals surface area contributed by atoms with Crippen LogP contribution >= 0.6 is 0 Å². The van der Waals surface area contributed by atoms with Gasteiger partial charge in [0.05, 0.1) is 36.3 Å². The van der Waals surface area contributed by atoms with E-state index in [-0.39, 0.29) is 17.9 Å². The van der Waals surface area contributed by atoms with Gasteiger partial charge in [-0.2, -0.15) is 4.31 Å². The van der Waals surface area contributed by atoms with Crippen molar-refractivity contribution >= 4 is 16.2 Å². The highest BCUT2D eigenvalue weighted by Crippen LogP contribution is 2.28. The monoisotopic (exact) mass is 353 g/mol. The summed E-state index contributed by atoms with van der Waals surface area (Å²) in [5.41, 5.74) is 1.19. The molecule has 0 unspecified atom stereocenters. The minimum atomic E-state index is -3.96. The van der Waals surface area contributed by atoms with Crippen molar-refractivity contribution in [1.29, 1.82) is 0 Å². The number of H-pyrrole nitrogens is 1.